The van der Waals surface area contributed by atoms with Gasteiger partial charge in [0, 0.05) is 11.1 Å². The maximum absolute atomic E-state index is 13.2. The average Bonchev–Trinajstić information content (AvgIpc) is 4.07. The van der Waals surface area contributed by atoms with Crippen LogP contribution in [-0.2, 0) is 71.6 Å². The van der Waals surface area contributed by atoms with Crippen molar-refractivity contribution < 1.29 is 127 Å². The van der Waals surface area contributed by atoms with Gasteiger partial charge in [-0.3, -0.25) is 4.90 Å². The number of aryl methyl sites for hydroxylation is 5. The van der Waals surface area contributed by atoms with Crippen LogP contribution in [0.15, 0.2) is 84.4 Å². The number of rotatable bonds is 16. The molecule has 22 nitrogen and oxygen atoms in total. The second-order valence-electron chi connectivity index (χ2n) is 19.0. The van der Waals surface area contributed by atoms with E-state index in [1.54, 1.807) is 39.0 Å². The molecular weight excluding hydrogens is 1150 g/mol. The average molecular weight is 1200 g/mol. The van der Waals surface area contributed by atoms with E-state index in [9.17, 15) is 57.1 Å². The molecule has 4 heterocycles. The van der Waals surface area contributed by atoms with Crippen molar-refractivity contribution in [2.24, 2.45) is 10.2 Å². The Bertz CT molecular complexity index is 4370. The first kappa shape index (κ1) is 70.2. The van der Waals surface area contributed by atoms with Crippen molar-refractivity contribution in [1.29, 1.82) is 5.26 Å². The molecule has 8 aromatic rings. The van der Waals surface area contributed by atoms with Crippen LogP contribution in [-0.4, -0.2) is 76.6 Å². The molecule has 0 fully saturated rings. The van der Waals surface area contributed by atoms with Crippen molar-refractivity contribution in [2.45, 2.75) is 120 Å². The van der Waals surface area contributed by atoms with E-state index in [2.05, 4.69) is 21.5 Å². The fourth-order valence-electron chi connectivity index (χ4n) is 9.27. The number of hydrogen-bond acceptors (Lipinski definition) is 23. The van der Waals surface area contributed by atoms with Crippen LogP contribution in [0.25, 0.3) is 25.6 Å². The Balaban J connectivity index is 0.00000361. The van der Waals surface area contributed by atoms with Crippen molar-refractivity contribution in [2.75, 3.05) is 10.2 Å². The minimum atomic E-state index is -5.15. The van der Waals surface area contributed by atoms with E-state index in [-0.39, 0.29) is 189 Å². The normalized spacial score (nSPS) is 12.2. The molecule has 82 heavy (non-hydrogen) atoms. The van der Waals surface area contributed by atoms with Gasteiger partial charge in [0.05, 0.1) is 51.4 Å². The molecule has 0 saturated heterocycles. The van der Waals surface area contributed by atoms with Crippen LogP contribution in [0.2, 0.25) is 0 Å². The number of fused-ring (bicyclic) bond motifs is 2. The Morgan fingerprint density at radius 3 is 1.65 bits per heavy atom. The van der Waals surface area contributed by atoms with Crippen LogP contribution >= 0.6 is 22.7 Å². The van der Waals surface area contributed by atoms with Crippen molar-refractivity contribution in [1.82, 2.24) is 24.7 Å². The summed E-state index contributed by atoms with van der Waals surface area (Å²) in [5, 5.41) is 28.4. The predicted octanol–water partition coefficient (Wildman–Crippen LogP) is -1.91. The molecule has 0 aliphatic carbocycles. The SMILES string of the molecule is CCc1cc(C)c(S(=O)(=O)[O-])c(CC)c1Nc1nc(N(c2nc3ccc(S(=O)(=O)[O-])cc3s2)c2c(CC)cc(C)c(S(=O)(=O)[O-])c2CC)cc(C)c1N=Nc1c(C#N)c(C(C)(C)C)nn1-c1nc2ccc(S(=O)(=O)[O-])cc2s1.[Li+].[Li+].[Li+].[Li+]. The van der Waals surface area contributed by atoms with E-state index in [4.69, 9.17) is 20.2 Å². The molecule has 0 spiro atoms. The van der Waals surface area contributed by atoms with Gasteiger partial charge in [0.2, 0.25) is 5.13 Å². The number of anilines is 5. The first-order valence-corrected chi connectivity index (χ1v) is 31.1. The first-order valence-electron chi connectivity index (χ1n) is 23.8. The third-order valence-corrected chi connectivity index (χ3v) is 18.5. The van der Waals surface area contributed by atoms with Crippen LogP contribution < -0.4 is 85.7 Å². The number of nitrogens with one attached hydrogen (secondary N) is 1. The zero-order chi connectivity index (χ0) is 57.4. The molecule has 0 bridgehead atoms. The van der Waals surface area contributed by atoms with Crippen molar-refractivity contribution in [3.8, 4) is 11.2 Å². The van der Waals surface area contributed by atoms with Gasteiger partial charge in [-0.1, -0.05) is 83.3 Å². The Kier molecular flexibility index (Phi) is 22.4. The summed E-state index contributed by atoms with van der Waals surface area (Å²) in [6.07, 6.45) is 0.603. The monoisotopic (exact) mass is 1200 g/mol. The smallest absolute Gasteiger partial charge is 0.744 e. The van der Waals surface area contributed by atoms with Crippen molar-refractivity contribution in [3.63, 3.8) is 0 Å². The number of nitriles is 1. The van der Waals surface area contributed by atoms with Crippen LogP contribution in [0.5, 0.6) is 0 Å². The molecule has 4 aromatic heterocycles. The maximum atomic E-state index is 13.2. The van der Waals surface area contributed by atoms with E-state index in [0.29, 0.717) is 27.8 Å². The number of aromatic nitrogens is 5. The molecule has 410 valence electrons. The fourth-order valence-corrected chi connectivity index (χ4v) is 14.4. The van der Waals surface area contributed by atoms with Gasteiger partial charge in [0.25, 0.3) is 0 Å². The summed E-state index contributed by atoms with van der Waals surface area (Å²) < 4.78 is 153. The predicted molar refractivity (Wildman–Crippen MR) is 290 cm³/mol. The zero-order valence-corrected chi connectivity index (χ0v) is 52.3. The summed E-state index contributed by atoms with van der Waals surface area (Å²) in [5.41, 5.74) is 2.34. The van der Waals surface area contributed by atoms with Gasteiger partial charge in [-0.2, -0.15) is 15.0 Å². The Labute approximate surface area is 531 Å². The molecule has 8 rings (SSSR count). The standard InChI is InChI=1S/C50H52N10O12S6.4Li/c1-11-28-19-26(6)43(77(67,68)69)32(13-3)41(28)55-46-40(56-57-47-34(24-51)45(50(8,9)10)58-60(47)49-53-36-18-16-31(76(64,65)66)23-38(36)74-49)25(5)21-39(54-46)59(48-52-35-17-15-30(75(61,62)63)22-37(35)73-48)42-29(12-2)20-27(7)44(33(42)14-4)78(70,71)72;;;;/h15-23H,11-14H2,1-10H3,(H,54,55)(H,61,62,63)(H,64,65,66)(H,67,68,69)(H,70,71,72);;;;/q;4*+1/p-4. The molecule has 32 heteroatoms. The van der Waals surface area contributed by atoms with Crippen LogP contribution in [0.4, 0.5) is 39.6 Å². The van der Waals surface area contributed by atoms with E-state index >= 15 is 0 Å². The van der Waals surface area contributed by atoms with Gasteiger partial charge in [-0.05, 0) is 128 Å². The summed E-state index contributed by atoms with van der Waals surface area (Å²) in [5.74, 6) is -0.263. The minimum absolute atomic E-state index is 0. The van der Waals surface area contributed by atoms with E-state index in [0.717, 1.165) is 40.9 Å². The van der Waals surface area contributed by atoms with Crippen LogP contribution in [0.1, 0.15) is 98.7 Å². The molecular formula is C50H48Li4N10O12S6. The number of hydrogen-bond donors (Lipinski definition) is 1. The molecule has 0 amide bonds. The molecule has 4 aromatic carbocycles. The number of pyridine rings is 1. The quantitative estimate of drug-likeness (QED) is 0.0627. The summed E-state index contributed by atoms with van der Waals surface area (Å²) in [6, 6.07) is 14.1. The molecule has 0 aliphatic heterocycles. The largest absolute Gasteiger partial charge is 1.00 e. The van der Waals surface area contributed by atoms with Gasteiger partial charge in [0.1, 0.15) is 63.6 Å². The Morgan fingerprint density at radius 2 is 1.16 bits per heavy atom. The second kappa shape index (κ2) is 26.2. The molecule has 0 unspecified atom stereocenters. The van der Waals surface area contributed by atoms with Crippen LogP contribution in [0.3, 0.4) is 0 Å². The van der Waals surface area contributed by atoms with Crippen molar-refractivity contribution in [3.05, 3.63) is 105 Å². The third-order valence-electron chi connectivity index (χ3n) is 12.7. The van der Waals surface area contributed by atoms with Gasteiger partial charge in [-0.15, -0.1) is 10.2 Å². The molecule has 1 N–H and O–H groups in total. The fraction of sp³-hybridized carbons (Fsp3) is 0.300. The van der Waals surface area contributed by atoms with E-state index < -0.39 is 65.5 Å². The maximum Gasteiger partial charge on any atom is 1.00 e. The van der Waals surface area contributed by atoms with Gasteiger partial charge in [0.15, 0.2) is 16.8 Å². The Morgan fingerprint density at radius 1 is 0.646 bits per heavy atom. The minimum Gasteiger partial charge on any atom is -0.744 e. The summed E-state index contributed by atoms with van der Waals surface area (Å²) >= 11 is 1.88. The van der Waals surface area contributed by atoms with E-state index in [1.807, 2.05) is 34.6 Å². The third kappa shape index (κ3) is 13.9. The summed E-state index contributed by atoms with van der Waals surface area (Å²) in [6.45, 7) is 17.0. The number of azo groups is 1. The number of benzene rings is 4. The summed E-state index contributed by atoms with van der Waals surface area (Å²) in [4.78, 5) is 14.1. The van der Waals surface area contributed by atoms with Crippen LogP contribution in [0, 0.1) is 32.1 Å². The molecule has 0 aliphatic rings. The van der Waals surface area contributed by atoms with Gasteiger partial charge >= 0.3 is 75.4 Å². The van der Waals surface area contributed by atoms with Crippen molar-refractivity contribution >= 4 is 123 Å². The van der Waals surface area contributed by atoms with Gasteiger partial charge in [-0.25, -0.2) is 48.6 Å². The molecule has 0 atom stereocenters. The Hall–Kier alpha value is -4.26. The first-order chi connectivity index (χ1) is 36.3. The number of thiazole rings is 2. The van der Waals surface area contributed by atoms with Gasteiger partial charge < -0.3 is 23.5 Å². The number of nitrogens with zero attached hydrogens (tertiary/aromatic N) is 9. The topological polar surface area (TPSA) is 349 Å². The zero-order valence-electron chi connectivity index (χ0n) is 47.4. The molecule has 0 saturated carbocycles. The summed E-state index contributed by atoms with van der Waals surface area (Å²) in [7, 11) is -20.0. The molecule has 0 radical (unpaired) electrons. The second-order valence-corrected chi connectivity index (χ2v) is 26.4. The van der Waals surface area contributed by atoms with E-state index in [1.165, 1.54) is 41.6 Å².